The van der Waals surface area contributed by atoms with Crippen LogP contribution in [0, 0.1) is 0 Å². The Morgan fingerprint density at radius 1 is 0.556 bits per heavy atom. The smallest absolute Gasteiger partial charge is 0.146 e. The van der Waals surface area contributed by atoms with Gasteiger partial charge in [-0.15, -0.1) is 22.2 Å². The van der Waals surface area contributed by atoms with E-state index in [1.807, 2.05) is 0 Å². The zero-order valence-corrected chi connectivity index (χ0v) is 15.0. The van der Waals surface area contributed by atoms with Gasteiger partial charge in [0.2, 0.25) is 0 Å². The molecule has 0 saturated heterocycles. The van der Waals surface area contributed by atoms with Crippen molar-refractivity contribution in [2.75, 3.05) is 0 Å². The summed E-state index contributed by atoms with van der Waals surface area (Å²) in [6.45, 7) is 2.62. The fraction of sp³-hybridized carbons (Fsp3) is 1.00. The van der Waals surface area contributed by atoms with Crippen LogP contribution in [-0.2, 0) is 0 Å². The molecule has 0 bridgehead atoms. The Balaban J connectivity index is 3.37. The minimum Gasteiger partial charge on any atom is -0.146 e. The fourth-order valence-electron chi connectivity index (χ4n) is 2.28. The van der Waals surface area contributed by atoms with Gasteiger partial charge in [0.25, 0.3) is 6.69 Å². The van der Waals surface area contributed by atoms with Gasteiger partial charge in [-0.2, -0.15) is 0 Å². The molecule has 0 radical (unpaired) electrons. The summed E-state index contributed by atoms with van der Waals surface area (Å²) in [5.74, 6) is 0. The first-order valence-electron chi connectivity index (χ1n) is 8.00. The van der Waals surface area contributed by atoms with Gasteiger partial charge in [-0.25, -0.2) is 0 Å². The van der Waals surface area contributed by atoms with Gasteiger partial charge in [-0.3, -0.25) is 0 Å². The highest BCUT2D eigenvalue weighted by atomic mass is 35.7. The molecule has 0 unspecified atom stereocenters. The van der Waals surface area contributed by atoms with E-state index in [9.17, 15) is 0 Å². The van der Waals surface area contributed by atoms with Crippen LogP contribution >= 0.6 is 22.2 Å². The Morgan fingerprint density at radius 2 is 0.889 bits per heavy atom. The van der Waals surface area contributed by atoms with Crippen LogP contribution in [0.25, 0.3) is 0 Å². The lowest BCUT2D eigenvalue weighted by Gasteiger charge is -2.16. The molecule has 0 aliphatic carbocycles. The van der Waals surface area contributed by atoms with Crippen LogP contribution in [0.1, 0.15) is 84.5 Å². The van der Waals surface area contributed by atoms with Crippen molar-refractivity contribution in [2.24, 2.45) is 0 Å². The van der Waals surface area contributed by atoms with Gasteiger partial charge in [0.15, 0.2) is 0 Å². The summed E-state index contributed by atoms with van der Waals surface area (Å²) in [4.78, 5) is 0. The van der Waals surface area contributed by atoms with E-state index in [2.05, 4.69) is 13.8 Å². The molecule has 0 aliphatic heterocycles. The highest BCUT2D eigenvalue weighted by molar-refractivity contribution is 7.45. The second kappa shape index (κ2) is 12.8. The number of halogens is 2. The van der Waals surface area contributed by atoms with Crippen molar-refractivity contribution in [3.8, 4) is 0 Å². The molecule has 18 heavy (non-hydrogen) atoms. The molecule has 0 N–H and O–H groups in total. The SMILES string of the molecule is CCCCCCCC[Si](Cl)(Cl)CCCCCCC. The molecule has 0 rings (SSSR count). The molecule has 3 heteroatoms. The van der Waals surface area contributed by atoms with Crippen LogP contribution in [0.2, 0.25) is 12.1 Å². The topological polar surface area (TPSA) is 0 Å². The predicted molar refractivity (Wildman–Crippen MR) is 89.2 cm³/mol. The van der Waals surface area contributed by atoms with Gasteiger partial charge in [-0.1, -0.05) is 84.5 Å². The molecule has 0 fully saturated rings. The maximum Gasteiger partial charge on any atom is 0.251 e. The first kappa shape index (κ1) is 18.8. The van der Waals surface area contributed by atoms with Crippen molar-refractivity contribution in [3.63, 3.8) is 0 Å². The van der Waals surface area contributed by atoms with Crippen molar-refractivity contribution in [1.29, 1.82) is 0 Å². The first-order chi connectivity index (χ1) is 8.62. The minimum absolute atomic E-state index is 1.11. The highest BCUT2D eigenvalue weighted by Crippen LogP contribution is 2.30. The normalized spacial score (nSPS) is 12.0. The number of unbranched alkanes of at least 4 members (excludes halogenated alkanes) is 9. The second-order valence-electron chi connectivity index (χ2n) is 5.54. The third kappa shape index (κ3) is 13.2. The largest absolute Gasteiger partial charge is 0.251 e. The zero-order chi connectivity index (χ0) is 13.7. The lowest BCUT2D eigenvalue weighted by molar-refractivity contribution is 0.622. The lowest BCUT2D eigenvalue weighted by atomic mass is 10.1. The van der Waals surface area contributed by atoms with Crippen LogP contribution < -0.4 is 0 Å². The average molecular weight is 311 g/mol. The van der Waals surface area contributed by atoms with Gasteiger partial charge in [0.1, 0.15) is 0 Å². The summed E-state index contributed by atoms with van der Waals surface area (Å²) in [6.07, 6.45) is 14.6. The molecule has 0 atom stereocenters. The van der Waals surface area contributed by atoms with E-state index in [1.165, 1.54) is 70.6 Å². The number of rotatable bonds is 13. The summed E-state index contributed by atoms with van der Waals surface area (Å²) >= 11 is 13.0. The standard InChI is InChI=1S/C15H32Cl2Si/c1-3-5-7-9-11-13-15-18(16,17)14-12-10-8-6-4-2/h3-15H2,1-2H3. The van der Waals surface area contributed by atoms with Gasteiger partial charge in [0, 0.05) is 0 Å². The summed E-state index contributed by atoms with van der Waals surface area (Å²) in [6, 6.07) is 2.21. The van der Waals surface area contributed by atoms with Crippen LogP contribution in [0.3, 0.4) is 0 Å². The van der Waals surface area contributed by atoms with Crippen LogP contribution in [0.4, 0.5) is 0 Å². The van der Waals surface area contributed by atoms with E-state index in [0.29, 0.717) is 0 Å². The van der Waals surface area contributed by atoms with Crippen molar-refractivity contribution in [2.45, 2.75) is 96.6 Å². The van der Waals surface area contributed by atoms with E-state index >= 15 is 0 Å². The van der Waals surface area contributed by atoms with E-state index < -0.39 is 6.69 Å². The Bertz CT molecular complexity index is 172. The van der Waals surface area contributed by atoms with Crippen molar-refractivity contribution in [3.05, 3.63) is 0 Å². The Kier molecular flexibility index (Phi) is 13.4. The third-order valence-electron chi connectivity index (χ3n) is 3.54. The molecule has 0 spiro atoms. The zero-order valence-electron chi connectivity index (χ0n) is 12.4. The monoisotopic (exact) mass is 310 g/mol. The third-order valence-corrected chi connectivity index (χ3v) is 7.98. The Labute approximate surface area is 125 Å². The van der Waals surface area contributed by atoms with E-state index in [1.54, 1.807) is 0 Å². The maximum atomic E-state index is 6.49. The summed E-state index contributed by atoms with van der Waals surface area (Å²) in [7, 11) is 0. The molecular weight excluding hydrogens is 279 g/mol. The molecule has 0 aromatic heterocycles. The van der Waals surface area contributed by atoms with Gasteiger partial charge < -0.3 is 0 Å². The van der Waals surface area contributed by atoms with E-state index in [-0.39, 0.29) is 0 Å². The molecule has 0 saturated carbocycles. The molecule has 110 valence electrons. The minimum atomic E-state index is -1.89. The van der Waals surface area contributed by atoms with Crippen LogP contribution in [0.5, 0.6) is 0 Å². The van der Waals surface area contributed by atoms with Gasteiger partial charge in [0.05, 0.1) is 0 Å². The van der Waals surface area contributed by atoms with Gasteiger partial charge >= 0.3 is 0 Å². The summed E-state index contributed by atoms with van der Waals surface area (Å²) < 4.78 is 0. The molecule has 0 aromatic carbocycles. The molecule has 0 amide bonds. The van der Waals surface area contributed by atoms with Gasteiger partial charge in [-0.05, 0) is 12.1 Å². The molecule has 0 nitrogen and oxygen atoms in total. The van der Waals surface area contributed by atoms with Crippen molar-refractivity contribution in [1.82, 2.24) is 0 Å². The lowest BCUT2D eigenvalue weighted by Crippen LogP contribution is -2.18. The predicted octanol–water partition coefficient (Wildman–Crippen LogP) is 7.24. The highest BCUT2D eigenvalue weighted by Gasteiger charge is 2.26. The first-order valence-corrected chi connectivity index (χ1v) is 12.4. The molecule has 0 aliphatic rings. The Hall–Kier alpha value is 0.797. The summed E-state index contributed by atoms with van der Waals surface area (Å²) in [5, 5.41) is 0. The maximum absolute atomic E-state index is 6.49. The quantitative estimate of drug-likeness (QED) is 0.191. The number of hydrogen-bond acceptors (Lipinski definition) is 0. The Morgan fingerprint density at radius 3 is 1.28 bits per heavy atom. The van der Waals surface area contributed by atoms with Crippen LogP contribution in [0.15, 0.2) is 0 Å². The number of hydrogen-bond donors (Lipinski definition) is 0. The molecule has 0 aromatic rings. The average Bonchev–Trinajstić information content (AvgIpc) is 2.33. The molecular formula is C15H32Cl2Si. The van der Waals surface area contributed by atoms with Crippen LogP contribution in [-0.4, -0.2) is 6.69 Å². The molecule has 0 heterocycles. The van der Waals surface area contributed by atoms with E-state index in [4.69, 9.17) is 22.2 Å². The second-order valence-corrected chi connectivity index (χ2v) is 13.2. The van der Waals surface area contributed by atoms with Crippen molar-refractivity contribution < 1.29 is 0 Å². The fourth-order valence-corrected chi connectivity index (χ4v) is 5.66. The van der Waals surface area contributed by atoms with Crippen molar-refractivity contribution >= 4 is 28.9 Å². The summed E-state index contributed by atoms with van der Waals surface area (Å²) in [5.41, 5.74) is 0. The van der Waals surface area contributed by atoms with E-state index in [0.717, 1.165) is 12.1 Å².